The molecule has 0 aliphatic carbocycles. The quantitative estimate of drug-likeness (QED) is 0.732. The Labute approximate surface area is 105 Å². The van der Waals surface area contributed by atoms with Crippen LogP contribution in [0.4, 0.5) is 0 Å². The van der Waals surface area contributed by atoms with Gasteiger partial charge in [0, 0.05) is 6.04 Å². The van der Waals surface area contributed by atoms with Crippen LogP contribution in [0.25, 0.3) is 0 Å². The molecule has 3 N–H and O–H groups in total. The minimum atomic E-state index is 0.334. The van der Waals surface area contributed by atoms with Crippen molar-refractivity contribution in [3.05, 3.63) is 23.7 Å². The van der Waals surface area contributed by atoms with Crippen LogP contribution in [0.15, 0.2) is 16.5 Å². The predicted molar refractivity (Wildman–Crippen MR) is 71.8 cm³/mol. The molecule has 98 valence electrons. The second kappa shape index (κ2) is 7.51. The van der Waals surface area contributed by atoms with Gasteiger partial charge in [-0.2, -0.15) is 0 Å². The maximum atomic E-state index is 5.73. The highest BCUT2D eigenvalue weighted by molar-refractivity contribution is 5.05. The van der Waals surface area contributed by atoms with E-state index in [1.54, 1.807) is 0 Å². The number of nitrogens with one attached hydrogen (secondary N) is 1. The van der Waals surface area contributed by atoms with Gasteiger partial charge in [0.1, 0.15) is 11.5 Å². The summed E-state index contributed by atoms with van der Waals surface area (Å²) < 4.78 is 5.50. The second-order valence-electron chi connectivity index (χ2n) is 5.16. The highest BCUT2D eigenvalue weighted by atomic mass is 16.3. The Morgan fingerprint density at radius 2 is 2.06 bits per heavy atom. The largest absolute Gasteiger partial charge is 0.465 e. The van der Waals surface area contributed by atoms with Crippen molar-refractivity contribution in [2.45, 2.75) is 52.6 Å². The number of furan rings is 1. The fourth-order valence-electron chi connectivity index (χ4n) is 1.91. The lowest BCUT2D eigenvalue weighted by Crippen LogP contribution is -2.21. The van der Waals surface area contributed by atoms with Crippen LogP contribution in [-0.4, -0.2) is 12.6 Å². The lowest BCUT2D eigenvalue weighted by molar-refractivity contribution is 0.418. The Balaban J connectivity index is 2.05. The van der Waals surface area contributed by atoms with Crippen molar-refractivity contribution < 1.29 is 4.42 Å². The summed E-state index contributed by atoms with van der Waals surface area (Å²) >= 11 is 0. The minimum Gasteiger partial charge on any atom is -0.465 e. The van der Waals surface area contributed by atoms with Crippen LogP contribution in [-0.2, 0) is 6.54 Å². The van der Waals surface area contributed by atoms with Crippen LogP contribution >= 0.6 is 0 Å². The normalized spacial score (nSPS) is 14.8. The minimum absolute atomic E-state index is 0.334. The molecule has 3 nitrogen and oxygen atoms in total. The van der Waals surface area contributed by atoms with Gasteiger partial charge in [-0.1, -0.05) is 13.3 Å². The number of nitrogens with two attached hydrogens (primary N) is 1. The third-order valence-corrected chi connectivity index (χ3v) is 2.94. The number of hydrogen-bond acceptors (Lipinski definition) is 3. The van der Waals surface area contributed by atoms with E-state index in [1.807, 2.05) is 19.1 Å². The number of aryl methyl sites for hydroxylation is 1. The Hall–Kier alpha value is -0.800. The van der Waals surface area contributed by atoms with Crippen LogP contribution < -0.4 is 11.1 Å². The van der Waals surface area contributed by atoms with E-state index in [1.165, 1.54) is 12.8 Å². The van der Waals surface area contributed by atoms with Crippen LogP contribution in [0.1, 0.15) is 44.6 Å². The van der Waals surface area contributed by atoms with Gasteiger partial charge in [0.15, 0.2) is 0 Å². The molecule has 3 heteroatoms. The van der Waals surface area contributed by atoms with E-state index in [-0.39, 0.29) is 0 Å². The summed E-state index contributed by atoms with van der Waals surface area (Å²) in [4.78, 5) is 0. The second-order valence-corrected chi connectivity index (χ2v) is 5.16. The topological polar surface area (TPSA) is 51.2 Å². The molecular weight excluding hydrogens is 212 g/mol. The highest BCUT2D eigenvalue weighted by Crippen LogP contribution is 2.09. The monoisotopic (exact) mass is 238 g/mol. The average molecular weight is 238 g/mol. The molecule has 0 bridgehead atoms. The first-order valence-electron chi connectivity index (χ1n) is 6.59. The molecule has 2 atom stereocenters. The highest BCUT2D eigenvalue weighted by Gasteiger charge is 2.04. The zero-order valence-electron chi connectivity index (χ0n) is 11.3. The molecule has 1 aromatic rings. The molecule has 17 heavy (non-hydrogen) atoms. The van der Waals surface area contributed by atoms with Crippen molar-refractivity contribution >= 4 is 0 Å². The average Bonchev–Trinajstić information content (AvgIpc) is 2.63. The molecule has 1 aromatic heterocycles. The lowest BCUT2D eigenvalue weighted by Gasteiger charge is -2.12. The van der Waals surface area contributed by atoms with Crippen molar-refractivity contribution in [3.63, 3.8) is 0 Å². The maximum absolute atomic E-state index is 5.73. The molecule has 0 aliphatic rings. The molecule has 0 saturated carbocycles. The van der Waals surface area contributed by atoms with Crippen LogP contribution in [0.2, 0.25) is 0 Å². The summed E-state index contributed by atoms with van der Waals surface area (Å²) in [6, 6.07) is 4.37. The molecule has 0 spiro atoms. The van der Waals surface area contributed by atoms with E-state index in [4.69, 9.17) is 10.2 Å². The molecule has 0 aromatic carbocycles. The van der Waals surface area contributed by atoms with Gasteiger partial charge in [0.25, 0.3) is 0 Å². The summed E-state index contributed by atoms with van der Waals surface area (Å²) in [5, 5.41) is 3.43. The van der Waals surface area contributed by atoms with Crippen molar-refractivity contribution in [3.8, 4) is 0 Å². The van der Waals surface area contributed by atoms with Crippen molar-refractivity contribution in [2.24, 2.45) is 11.7 Å². The van der Waals surface area contributed by atoms with Gasteiger partial charge >= 0.3 is 0 Å². The van der Waals surface area contributed by atoms with E-state index in [0.29, 0.717) is 12.0 Å². The van der Waals surface area contributed by atoms with Gasteiger partial charge < -0.3 is 15.5 Å². The summed E-state index contributed by atoms with van der Waals surface area (Å²) in [5.41, 5.74) is 5.73. The summed E-state index contributed by atoms with van der Waals surface area (Å²) in [5.74, 6) is 2.70. The third kappa shape index (κ3) is 6.49. The fraction of sp³-hybridized carbons (Fsp3) is 0.714. The number of hydrogen-bond donors (Lipinski definition) is 2. The zero-order valence-corrected chi connectivity index (χ0v) is 11.3. The molecule has 2 unspecified atom stereocenters. The van der Waals surface area contributed by atoms with Crippen LogP contribution in [0.5, 0.6) is 0 Å². The molecular formula is C14H26N2O. The maximum Gasteiger partial charge on any atom is 0.117 e. The SMILES string of the molecule is Cc1ccc(CNCC(C)CCCC(C)N)o1. The molecule has 0 saturated heterocycles. The van der Waals surface area contributed by atoms with Gasteiger partial charge in [0.05, 0.1) is 6.54 Å². The van der Waals surface area contributed by atoms with Crippen molar-refractivity contribution in [1.82, 2.24) is 5.32 Å². The van der Waals surface area contributed by atoms with Crippen LogP contribution in [0, 0.1) is 12.8 Å². The Morgan fingerprint density at radius 1 is 1.29 bits per heavy atom. The predicted octanol–water partition coefficient (Wildman–Crippen LogP) is 2.83. The number of rotatable bonds is 8. The van der Waals surface area contributed by atoms with Crippen molar-refractivity contribution in [1.29, 1.82) is 0 Å². The summed E-state index contributed by atoms with van der Waals surface area (Å²) in [6.07, 6.45) is 3.59. The molecule has 0 fully saturated rings. The van der Waals surface area contributed by atoms with E-state index in [2.05, 4.69) is 19.2 Å². The Morgan fingerprint density at radius 3 is 2.65 bits per heavy atom. The van der Waals surface area contributed by atoms with E-state index in [0.717, 1.165) is 31.0 Å². The molecule has 0 amide bonds. The molecule has 0 aliphatic heterocycles. The van der Waals surface area contributed by atoms with Crippen LogP contribution in [0.3, 0.4) is 0 Å². The Bertz CT molecular complexity index is 307. The van der Waals surface area contributed by atoms with Gasteiger partial charge in [-0.05, 0) is 51.3 Å². The van der Waals surface area contributed by atoms with Gasteiger partial charge in [-0.25, -0.2) is 0 Å². The molecule has 1 heterocycles. The summed E-state index contributed by atoms with van der Waals surface area (Å²) in [7, 11) is 0. The molecule has 0 radical (unpaired) electrons. The first kappa shape index (κ1) is 14.3. The lowest BCUT2D eigenvalue weighted by atomic mass is 10.0. The fourth-order valence-corrected chi connectivity index (χ4v) is 1.91. The summed E-state index contributed by atoms with van der Waals surface area (Å²) in [6.45, 7) is 8.19. The first-order valence-corrected chi connectivity index (χ1v) is 6.59. The third-order valence-electron chi connectivity index (χ3n) is 2.94. The van der Waals surface area contributed by atoms with Crippen molar-refractivity contribution in [2.75, 3.05) is 6.54 Å². The molecule has 1 rings (SSSR count). The standard InChI is InChI=1S/C14H26N2O/c1-11(5-4-6-12(2)15)9-16-10-14-8-7-13(3)17-14/h7-8,11-12,16H,4-6,9-10,15H2,1-3H3. The first-order chi connectivity index (χ1) is 8.08. The van der Waals surface area contributed by atoms with E-state index < -0.39 is 0 Å². The van der Waals surface area contributed by atoms with Gasteiger partial charge in [0.2, 0.25) is 0 Å². The van der Waals surface area contributed by atoms with E-state index in [9.17, 15) is 0 Å². The van der Waals surface area contributed by atoms with Gasteiger partial charge in [-0.15, -0.1) is 0 Å². The smallest absolute Gasteiger partial charge is 0.117 e. The van der Waals surface area contributed by atoms with E-state index >= 15 is 0 Å². The zero-order chi connectivity index (χ0) is 12.7. The Kier molecular flexibility index (Phi) is 6.30. The van der Waals surface area contributed by atoms with Gasteiger partial charge in [-0.3, -0.25) is 0 Å².